The van der Waals surface area contributed by atoms with Crippen LogP contribution < -0.4 is 0 Å². The van der Waals surface area contributed by atoms with Gasteiger partial charge in [-0.15, -0.1) is 0 Å². The molecule has 0 aromatic carbocycles. The van der Waals surface area contributed by atoms with E-state index in [0.29, 0.717) is 5.41 Å². The summed E-state index contributed by atoms with van der Waals surface area (Å²) in [4.78, 5) is 12.7. The van der Waals surface area contributed by atoms with Gasteiger partial charge in [-0.3, -0.25) is 4.79 Å². The SMILES string of the molecule is CCC1(CC)CCN(CCC(=O)O)C1. The first-order valence-corrected chi connectivity index (χ1v) is 5.56. The highest BCUT2D eigenvalue weighted by Gasteiger charge is 2.34. The molecule has 0 aliphatic carbocycles. The molecular formula is C11H21NO2. The quantitative estimate of drug-likeness (QED) is 0.736. The summed E-state index contributed by atoms with van der Waals surface area (Å²) in [6.45, 7) is 7.37. The third-order valence-electron chi connectivity index (χ3n) is 3.66. The number of rotatable bonds is 5. The van der Waals surface area contributed by atoms with Gasteiger partial charge < -0.3 is 10.0 Å². The predicted octanol–water partition coefficient (Wildman–Crippen LogP) is 1.97. The molecule has 0 bridgehead atoms. The lowest BCUT2D eigenvalue weighted by Crippen LogP contribution is -2.28. The molecule has 3 nitrogen and oxygen atoms in total. The van der Waals surface area contributed by atoms with Gasteiger partial charge in [-0.25, -0.2) is 0 Å². The molecule has 14 heavy (non-hydrogen) atoms. The van der Waals surface area contributed by atoms with Crippen LogP contribution in [0.3, 0.4) is 0 Å². The van der Waals surface area contributed by atoms with E-state index in [1.54, 1.807) is 0 Å². The van der Waals surface area contributed by atoms with Crippen LogP contribution in [-0.4, -0.2) is 35.6 Å². The fourth-order valence-electron chi connectivity index (χ4n) is 2.30. The van der Waals surface area contributed by atoms with Crippen LogP contribution in [0.15, 0.2) is 0 Å². The van der Waals surface area contributed by atoms with Crippen molar-refractivity contribution in [3.05, 3.63) is 0 Å². The lowest BCUT2D eigenvalue weighted by molar-refractivity contribution is -0.137. The van der Waals surface area contributed by atoms with Crippen LogP contribution in [0.1, 0.15) is 39.5 Å². The Morgan fingerprint density at radius 2 is 2.07 bits per heavy atom. The molecule has 0 amide bonds. The topological polar surface area (TPSA) is 40.5 Å². The third kappa shape index (κ3) is 2.71. The third-order valence-corrected chi connectivity index (χ3v) is 3.66. The van der Waals surface area contributed by atoms with Crippen LogP contribution in [0.2, 0.25) is 0 Å². The smallest absolute Gasteiger partial charge is 0.304 e. The Morgan fingerprint density at radius 1 is 1.43 bits per heavy atom. The van der Waals surface area contributed by atoms with Crippen LogP contribution >= 0.6 is 0 Å². The first kappa shape index (κ1) is 11.5. The number of nitrogens with zero attached hydrogens (tertiary/aromatic N) is 1. The molecule has 1 saturated heterocycles. The molecule has 0 aromatic rings. The number of carbonyl (C=O) groups is 1. The highest BCUT2D eigenvalue weighted by molar-refractivity contribution is 5.66. The van der Waals surface area contributed by atoms with E-state index in [4.69, 9.17) is 5.11 Å². The molecule has 1 aliphatic rings. The number of carboxylic acids is 1. The molecule has 1 rings (SSSR count). The number of carboxylic acid groups (broad SMARTS) is 1. The maximum atomic E-state index is 10.4. The second-order valence-electron chi connectivity index (χ2n) is 4.38. The molecule has 0 atom stereocenters. The van der Waals surface area contributed by atoms with Crippen molar-refractivity contribution in [2.75, 3.05) is 19.6 Å². The fraction of sp³-hybridized carbons (Fsp3) is 0.909. The molecule has 1 heterocycles. The number of hydrogen-bond donors (Lipinski definition) is 1. The number of hydrogen-bond acceptors (Lipinski definition) is 2. The van der Waals surface area contributed by atoms with E-state index in [0.717, 1.165) is 19.6 Å². The second kappa shape index (κ2) is 4.78. The molecule has 0 saturated carbocycles. The Morgan fingerprint density at radius 3 is 2.50 bits per heavy atom. The van der Waals surface area contributed by atoms with Gasteiger partial charge in [0.2, 0.25) is 0 Å². The van der Waals surface area contributed by atoms with Gasteiger partial charge in [-0.1, -0.05) is 13.8 Å². The molecule has 0 radical (unpaired) electrons. The average Bonchev–Trinajstić information content (AvgIpc) is 2.59. The minimum Gasteiger partial charge on any atom is -0.481 e. The van der Waals surface area contributed by atoms with Crippen molar-refractivity contribution in [3.8, 4) is 0 Å². The summed E-state index contributed by atoms with van der Waals surface area (Å²) in [5.74, 6) is -0.685. The van der Waals surface area contributed by atoms with Crippen LogP contribution in [0.25, 0.3) is 0 Å². The molecular weight excluding hydrogens is 178 g/mol. The Bertz CT molecular complexity index is 199. The highest BCUT2D eigenvalue weighted by Crippen LogP contribution is 2.36. The van der Waals surface area contributed by atoms with Crippen molar-refractivity contribution in [1.82, 2.24) is 4.90 Å². The van der Waals surface area contributed by atoms with Gasteiger partial charge in [0.25, 0.3) is 0 Å². The molecule has 3 heteroatoms. The second-order valence-corrected chi connectivity index (χ2v) is 4.38. The van der Waals surface area contributed by atoms with Crippen molar-refractivity contribution in [2.24, 2.45) is 5.41 Å². The van der Waals surface area contributed by atoms with Crippen molar-refractivity contribution < 1.29 is 9.90 Å². The van der Waals surface area contributed by atoms with Crippen LogP contribution in [0.4, 0.5) is 0 Å². The normalized spacial score (nSPS) is 21.3. The maximum absolute atomic E-state index is 10.4. The molecule has 1 aliphatic heterocycles. The minimum atomic E-state index is -0.685. The monoisotopic (exact) mass is 199 g/mol. The number of aliphatic carboxylic acids is 1. The van der Waals surface area contributed by atoms with Gasteiger partial charge in [0.05, 0.1) is 6.42 Å². The van der Waals surface area contributed by atoms with Gasteiger partial charge in [-0.05, 0) is 31.2 Å². The van der Waals surface area contributed by atoms with Crippen molar-refractivity contribution in [3.63, 3.8) is 0 Å². The molecule has 0 spiro atoms. The van der Waals surface area contributed by atoms with Crippen LogP contribution in [-0.2, 0) is 4.79 Å². The molecule has 82 valence electrons. The van der Waals surface area contributed by atoms with Gasteiger partial charge in [0, 0.05) is 13.1 Å². The highest BCUT2D eigenvalue weighted by atomic mass is 16.4. The lowest BCUT2D eigenvalue weighted by atomic mass is 9.82. The maximum Gasteiger partial charge on any atom is 0.304 e. The molecule has 0 aromatic heterocycles. The van der Waals surface area contributed by atoms with Gasteiger partial charge in [-0.2, -0.15) is 0 Å². The summed E-state index contributed by atoms with van der Waals surface area (Å²) in [6, 6.07) is 0. The summed E-state index contributed by atoms with van der Waals surface area (Å²) in [5, 5.41) is 8.59. The minimum absolute atomic E-state index is 0.281. The zero-order valence-electron chi connectivity index (χ0n) is 9.25. The van der Waals surface area contributed by atoms with E-state index >= 15 is 0 Å². The van der Waals surface area contributed by atoms with Crippen molar-refractivity contribution in [1.29, 1.82) is 0 Å². The first-order valence-electron chi connectivity index (χ1n) is 5.56. The predicted molar refractivity (Wildman–Crippen MR) is 56.3 cm³/mol. The average molecular weight is 199 g/mol. The lowest BCUT2D eigenvalue weighted by Gasteiger charge is -2.26. The molecule has 1 N–H and O–H groups in total. The zero-order chi connectivity index (χ0) is 10.6. The van der Waals surface area contributed by atoms with Gasteiger partial charge >= 0.3 is 5.97 Å². The van der Waals surface area contributed by atoms with Crippen molar-refractivity contribution in [2.45, 2.75) is 39.5 Å². The van der Waals surface area contributed by atoms with Gasteiger partial charge in [0.15, 0.2) is 0 Å². The van der Waals surface area contributed by atoms with E-state index in [-0.39, 0.29) is 6.42 Å². The summed E-state index contributed by atoms with van der Waals surface area (Å²) in [7, 11) is 0. The molecule has 0 unspecified atom stereocenters. The van der Waals surface area contributed by atoms with E-state index in [1.807, 2.05) is 0 Å². The standard InChI is InChI=1S/C11H21NO2/c1-3-11(4-2)6-8-12(9-11)7-5-10(13)14/h3-9H2,1-2H3,(H,13,14). The van der Waals surface area contributed by atoms with Crippen molar-refractivity contribution >= 4 is 5.97 Å². The van der Waals surface area contributed by atoms with Gasteiger partial charge in [0.1, 0.15) is 0 Å². The Kier molecular flexibility index (Phi) is 3.93. The molecule has 1 fully saturated rings. The van der Waals surface area contributed by atoms with E-state index < -0.39 is 5.97 Å². The first-order chi connectivity index (χ1) is 6.62. The van der Waals surface area contributed by atoms with E-state index in [2.05, 4.69) is 18.7 Å². The Labute approximate surface area is 86.1 Å². The van der Waals surface area contributed by atoms with Crippen LogP contribution in [0, 0.1) is 5.41 Å². The summed E-state index contributed by atoms with van der Waals surface area (Å²) in [6.07, 6.45) is 3.95. The van der Waals surface area contributed by atoms with E-state index in [9.17, 15) is 4.79 Å². The summed E-state index contributed by atoms with van der Waals surface area (Å²) >= 11 is 0. The fourth-order valence-corrected chi connectivity index (χ4v) is 2.30. The number of likely N-dealkylation sites (tertiary alicyclic amines) is 1. The summed E-state index contributed by atoms with van der Waals surface area (Å²) in [5.41, 5.74) is 0.471. The van der Waals surface area contributed by atoms with E-state index in [1.165, 1.54) is 19.3 Å². The summed E-state index contributed by atoms with van der Waals surface area (Å²) < 4.78 is 0. The zero-order valence-corrected chi connectivity index (χ0v) is 9.25. The Hall–Kier alpha value is -0.570. The largest absolute Gasteiger partial charge is 0.481 e. The Balaban J connectivity index is 2.36. The van der Waals surface area contributed by atoms with Crippen LogP contribution in [0.5, 0.6) is 0 Å².